The summed E-state index contributed by atoms with van der Waals surface area (Å²) < 4.78 is 7.16. The molecule has 1 aliphatic heterocycles. The van der Waals surface area contributed by atoms with E-state index in [0.717, 1.165) is 36.8 Å². The third-order valence-electron chi connectivity index (χ3n) is 6.78. The first-order chi connectivity index (χ1) is 16.8. The number of phenols is 1. The number of carbonyl (C=O) groups is 1. The number of nitrogens with zero attached hydrogens (tertiary/aromatic N) is 4. The number of likely N-dealkylation sites (tertiary alicyclic amines) is 1. The number of nitrogens with one attached hydrogen (secondary N) is 1. The van der Waals surface area contributed by atoms with Gasteiger partial charge < -0.3 is 15.2 Å². The van der Waals surface area contributed by atoms with Crippen LogP contribution in [-0.4, -0.2) is 57.9 Å². The van der Waals surface area contributed by atoms with Crippen molar-refractivity contribution < 1.29 is 14.6 Å². The molecule has 1 amide bonds. The molecule has 0 spiro atoms. The molecule has 35 heavy (non-hydrogen) atoms. The summed E-state index contributed by atoms with van der Waals surface area (Å²) in [4.78, 5) is 15.1. The third-order valence-corrected chi connectivity index (χ3v) is 6.78. The zero-order valence-corrected chi connectivity index (χ0v) is 21.2. The van der Waals surface area contributed by atoms with Gasteiger partial charge in [-0.15, -0.1) is 10.2 Å². The lowest BCUT2D eigenvalue weighted by atomic mass is 9.98. The molecule has 0 saturated carbocycles. The second-order valence-electron chi connectivity index (χ2n) is 9.65. The van der Waals surface area contributed by atoms with Crippen LogP contribution in [0.2, 0.25) is 0 Å². The van der Waals surface area contributed by atoms with Gasteiger partial charge in [-0.2, -0.15) is 0 Å². The van der Waals surface area contributed by atoms with Crippen LogP contribution in [-0.2, 0) is 6.54 Å². The van der Waals surface area contributed by atoms with Gasteiger partial charge >= 0.3 is 0 Å². The van der Waals surface area contributed by atoms with Gasteiger partial charge in [0.25, 0.3) is 5.91 Å². The summed E-state index contributed by atoms with van der Waals surface area (Å²) in [7, 11) is 3.14. The number of methoxy groups -OCH3 is 1. The van der Waals surface area contributed by atoms with E-state index in [1.54, 1.807) is 24.8 Å². The molecule has 0 radical (unpaired) electrons. The number of hydrogen-bond donors (Lipinski definition) is 2. The number of aromatic nitrogens is 3. The lowest BCUT2D eigenvalue weighted by Gasteiger charge is -2.30. The Hall–Kier alpha value is -3.39. The maximum atomic E-state index is 12.6. The fraction of sp³-hybridized carbons (Fsp3) is 0.444. The van der Waals surface area contributed by atoms with Crippen LogP contribution >= 0.6 is 0 Å². The van der Waals surface area contributed by atoms with Crippen molar-refractivity contribution in [1.82, 2.24) is 25.0 Å². The summed E-state index contributed by atoms with van der Waals surface area (Å²) in [5.41, 5.74) is 3.39. The largest absolute Gasteiger partial charge is 0.507 e. The van der Waals surface area contributed by atoms with Gasteiger partial charge in [0, 0.05) is 25.3 Å². The summed E-state index contributed by atoms with van der Waals surface area (Å²) in [5.74, 6) is 1.78. The third kappa shape index (κ3) is 5.17. The van der Waals surface area contributed by atoms with E-state index in [1.807, 2.05) is 18.2 Å². The maximum absolute atomic E-state index is 12.6. The van der Waals surface area contributed by atoms with Crippen molar-refractivity contribution in [1.29, 1.82) is 0 Å². The molecule has 0 atom stereocenters. The van der Waals surface area contributed by atoms with E-state index < -0.39 is 0 Å². The molecule has 2 N–H and O–H groups in total. The van der Waals surface area contributed by atoms with Gasteiger partial charge in [-0.1, -0.05) is 32.9 Å². The Bertz CT molecular complexity index is 1180. The zero-order valence-electron chi connectivity index (χ0n) is 21.2. The topological polar surface area (TPSA) is 92.5 Å². The molecule has 1 aliphatic rings. The summed E-state index contributed by atoms with van der Waals surface area (Å²) in [6.45, 7) is 9.57. The van der Waals surface area contributed by atoms with Crippen molar-refractivity contribution in [2.75, 3.05) is 27.2 Å². The standard InChI is InChI=1S/C27H35N5O3/c1-17(2)21-14-22(23(33)15-24(21)35-5)25-29-30-26(27(34)28-4)32(25)20-8-6-19(7-9-20)16-31-12-10-18(3)11-13-31/h6-9,14-15,17-18,33H,10-13,16H2,1-5H3,(H,28,34). The first-order valence-electron chi connectivity index (χ1n) is 12.2. The predicted octanol–water partition coefficient (Wildman–Crippen LogP) is 4.36. The van der Waals surface area contributed by atoms with Crippen LogP contribution in [0.15, 0.2) is 36.4 Å². The van der Waals surface area contributed by atoms with Crippen molar-refractivity contribution in [3.8, 4) is 28.6 Å². The Kier molecular flexibility index (Phi) is 7.40. The van der Waals surface area contributed by atoms with Gasteiger partial charge in [-0.3, -0.25) is 14.3 Å². The number of piperidine rings is 1. The molecule has 8 heteroatoms. The highest BCUT2D eigenvalue weighted by Gasteiger charge is 2.24. The SMILES string of the molecule is CNC(=O)c1nnc(-c2cc(C(C)C)c(OC)cc2O)n1-c1ccc(CN2CCC(C)CC2)cc1. The number of benzene rings is 2. The maximum Gasteiger partial charge on any atom is 0.289 e. The van der Waals surface area contributed by atoms with Crippen molar-refractivity contribution >= 4 is 5.91 Å². The average Bonchev–Trinajstić information content (AvgIpc) is 3.29. The molecule has 0 bridgehead atoms. The van der Waals surface area contributed by atoms with Crippen molar-refractivity contribution in [3.05, 3.63) is 53.3 Å². The number of hydrogen-bond acceptors (Lipinski definition) is 6. The van der Waals surface area contributed by atoms with Crippen LogP contribution in [0.5, 0.6) is 11.5 Å². The lowest BCUT2D eigenvalue weighted by Crippen LogP contribution is -2.32. The number of aromatic hydroxyl groups is 1. The van der Waals surface area contributed by atoms with E-state index >= 15 is 0 Å². The average molecular weight is 478 g/mol. The van der Waals surface area contributed by atoms with Crippen LogP contribution in [0.3, 0.4) is 0 Å². The molecular weight excluding hydrogens is 442 g/mol. The number of amides is 1. The predicted molar refractivity (Wildman–Crippen MR) is 136 cm³/mol. The van der Waals surface area contributed by atoms with Gasteiger partial charge in [0.1, 0.15) is 11.5 Å². The van der Waals surface area contributed by atoms with E-state index in [9.17, 15) is 9.90 Å². The van der Waals surface area contributed by atoms with Gasteiger partial charge in [0.2, 0.25) is 5.82 Å². The fourth-order valence-corrected chi connectivity index (χ4v) is 4.58. The van der Waals surface area contributed by atoms with Crippen LogP contribution in [0.4, 0.5) is 0 Å². The van der Waals surface area contributed by atoms with Crippen molar-refractivity contribution in [2.24, 2.45) is 5.92 Å². The Morgan fingerprint density at radius 2 is 1.86 bits per heavy atom. The molecule has 2 aromatic carbocycles. The second kappa shape index (κ2) is 10.5. The molecule has 1 saturated heterocycles. The number of phenolic OH excluding ortho intramolecular Hbond substituents is 1. The summed E-state index contributed by atoms with van der Waals surface area (Å²) in [6, 6.07) is 11.6. The number of carbonyl (C=O) groups excluding carboxylic acids is 1. The first kappa shape index (κ1) is 24.7. The Morgan fingerprint density at radius 3 is 2.46 bits per heavy atom. The van der Waals surface area contributed by atoms with Gasteiger partial charge in [0.05, 0.1) is 12.7 Å². The number of ether oxygens (including phenoxy) is 1. The quantitative estimate of drug-likeness (QED) is 0.525. The van der Waals surface area contributed by atoms with E-state index in [1.165, 1.54) is 18.4 Å². The van der Waals surface area contributed by atoms with E-state index in [4.69, 9.17) is 4.74 Å². The lowest BCUT2D eigenvalue weighted by molar-refractivity contribution is 0.0951. The molecule has 186 valence electrons. The van der Waals surface area contributed by atoms with Crippen LogP contribution in [0.1, 0.15) is 61.3 Å². The van der Waals surface area contributed by atoms with Gasteiger partial charge in [0.15, 0.2) is 5.82 Å². The molecule has 4 rings (SSSR count). The molecule has 1 fully saturated rings. The molecule has 8 nitrogen and oxygen atoms in total. The number of rotatable bonds is 7. The highest BCUT2D eigenvalue weighted by molar-refractivity contribution is 5.92. The monoisotopic (exact) mass is 477 g/mol. The molecule has 1 aromatic heterocycles. The Balaban J connectivity index is 1.73. The van der Waals surface area contributed by atoms with E-state index in [0.29, 0.717) is 17.1 Å². The minimum Gasteiger partial charge on any atom is -0.507 e. The van der Waals surface area contributed by atoms with E-state index in [2.05, 4.69) is 53.3 Å². The smallest absolute Gasteiger partial charge is 0.289 e. The van der Waals surface area contributed by atoms with Crippen LogP contribution < -0.4 is 10.1 Å². The summed E-state index contributed by atoms with van der Waals surface area (Å²) in [6.07, 6.45) is 2.47. The fourth-order valence-electron chi connectivity index (χ4n) is 4.58. The molecule has 0 unspecified atom stereocenters. The summed E-state index contributed by atoms with van der Waals surface area (Å²) >= 11 is 0. The van der Waals surface area contributed by atoms with E-state index in [-0.39, 0.29) is 23.4 Å². The minimum atomic E-state index is -0.354. The zero-order chi connectivity index (χ0) is 25.1. The summed E-state index contributed by atoms with van der Waals surface area (Å²) in [5, 5.41) is 22.0. The molecule has 0 aliphatic carbocycles. The van der Waals surface area contributed by atoms with Crippen molar-refractivity contribution in [2.45, 2.75) is 46.1 Å². The molecule has 3 aromatic rings. The Morgan fingerprint density at radius 1 is 1.17 bits per heavy atom. The minimum absolute atomic E-state index is 0.0132. The van der Waals surface area contributed by atoms with Gasteiger partial charge in [-0.25, -0.2) is 0 Å². The highest BCUT2D eigenvalue weighted by Crippen LogP contribution is 2.38. The second-order valence-corrected chi connectivity index (χ2v) is 9.65. The molecule has 2 heterocycles. The van der Waals surface area contributed by atoms with Crippen LogP contribution in [0, 0.1) is 5.92 Å². The van der Waals surface area contributed by atoms with Crippen LogP contribution in [0.25, 0.3) is 17.1 Å². The van der Waals surface area contributed by atoms with Gasteiger partial charge in [-0.05, 0) is 67.1 Å². The normalized spacial score (nSPS) is 14.9. The molecular formula is C27H35N5O3. The van der Waals surface area contributed by atoms with Crippen molar-refractivity contribution in [3.63, 3.8) is 0 Å². The first-order valence-corrected chi connectivity index (χ1v) is 12.2. The Labute approximate surface area is 206 Å². The highest BCUT2D eigenvalue weighted by atomic mass is 16.5.